The molecule has 0 saturated carbocycles. The number of hydrogen-bond donors (Lipinski definition) is 0. The number of aryl methyl sites for hydroxylation is 1. The van der Waals surface area contributed by atoms with Crippen molar-refractivity contribution < 1.29 is 9.53 Å². The lowest BCUT2D eigenvalue weighted by Gasteiger charge is -2.05. The van der Waals surface area contributed by atoms with Crippen LogP contribution in [-0.4, -0.2) is 22.4 Å². The van der Waals surface area contributed by atoms with Gasteiger partial charge in [-0.3, -0.25) is 4.79 Å². The fraction of sp³-hybridized carbons (Fsp3) is 0.273. The molecule has 0 aliphatic heterocycles. The zero-order chi connectivity index (χ0) is 11.0. The van der Waals surface area contributed by atoms with E-state index in [1.165, 1.54) is 6.92 Å². The lowest BCUT2D eigenvalue weighted by molar-refractivity contribution is 0.101. The molecule has 2 aromatic rings. The first kappa shape index (κ1) is 9.71. The number of fused-ring (bicyclic) bond motifs is 1. The summed E-state index contributed by atoms with van der Waals surface area (Å²) in [6.07, 6.45) is 3.45. The van der Waals surface area contributed by atoms with Gasteiger partial charge < -0.3 is 9.30 Å². The van der Waals surface area contributed by atoms with E-state index in [0.717, 1.165) is 10.9 Å². The Bertz CT molecular complexity index is 529. The Labute approximate surface area is 87.5 Å². The van der Waals surface area contributed by atoms with E-state index in [0.29, 0.717) is 11.4 Å². The Hall–Kier alpha value is -1.84. The van der Waals surface area contributed by atoms with Crippen LogP contribution in [0.4, 0.5) is 0 Å². The monoisotopic (exact) mass is 204 g/mol. The van der Waals surface area contributed by atoms with E-state index >= 15 is 0 Å². The van der Waals surface area contributed by atoms with Gasteiger partial charge in [0.2, 0.25) is 5.88 Å². The van der Waals surface area contributed by atoms with Crippen LogP contribution in [-0.2, 0) is 7.05 Å². The van der Waals surface area contributed by atoms with Crippen molar-refractivity contribution in [1.29, 1.82) is 0 Å². The van der Waals surface area contributed by atoms with E-state index in [1.807, 2.05) is 23.9 Å². The van der Waals surface area contributed by atoms with E-state index in [2.05, 4.69) is 4.98 Å². The van der Waals surface area contributed by atoms with Gasteiger partial charge in [0, 0.05) is 30.4 Å². The number of pyridine rings is 1. The Balaban J connectivity index is 2.85. The molecule has 0 fully saturated rings. The van der Waals surface area contributed by atoms with Gasteiger partial charge in [-0.1, -0.05) is 0 Å². The number of Topliss-reactive ketones (excluding diaryl/α,β-unsaturated/α-hetero) is 1. The smallest absolute Gasteiger partial charge is 0.238 e. The molecule has 0 amide bonds. The van der Waals surface area contributed by atoms with Crippen LogP contribution < -0.4 is 4.74 Å². The predicted molar refractivity (Wildman–Crippen MR) is 57.3 cm³/mol. The van der Waals surface area contributed by atoms with Crippen molar-refractivity contribution in [2.45, 2.75) is 6.92 Å². The maximum atomic E-state index is 11.4. The third-order valence-corrected chi connectivity index (χ3v) is 2.45. The molecule has 0 unspecified atom stereocenters. The molecular formula is C11H12N2O2. The fourth-order valence-electron chi connectivity index (χ4n) is 1.70. The maximum Gasteiger partial charge on any atom is 0.238 e. The number of hydrogen-bond acceptors (Lipinski definition) is 3. The summed E-state index contributed by atoms with van der Waals surface area (Å²) in [5.74, 6) is 0.559. The minimum atomic E-state index is 0.0151. The zero-order valence-corrected chi connectivity index (χ0v) is 8.94. The van der Waals surface area contributed by atoms with Gasteiger partial charge in [-0.15, -0.1) is 0 Å². The number of nitrogens with zero attached hydrogens (tertiary/aromatic N) is 2. The summed E-state index contributed by atoms with van der Waals surface area (Å²) in [4.78, 5) is 15.5. The van der Waals surface area contributed by atoms with Crippen LogP contribution in [0.25, 0.3) is 10.9 Å². The van der Waals surface area contributed by atoms with Gasteiger partial charge >= 0.3 is 0 Å². The summed E-state index contributed by atoms with van der Waals surface area (Å²) >= 11 is 0. The van der Waals surface area contributed by atoms with Gasteiger partial charge in [0.05, 0.1) is 7.11 Å². The molecular weight excluding hydrogens is 192 g/mol. The summed E-state index contributed by atoms with van der Waals surface area (Å²) in [7, 11) is 3.47. The van der Waals surface area contributed by atoms with Crippen molar-refractivity contribution in [3.63, 3.8) is 0 Å². The number of ketones is 1. The Morgan fingerprint density at radius 2 is 2.27 bits per heavy atom. The average molecular weight is 204 g/mol. The van der Waals surface area contributed by atoms with Crippen LogP contribution in [0.15, 0.2) is 18.5 Å². The molecule has 15 heavy (non-hydrogen) atoms. The van der Waals surface area contributed by atoms with Crippen molar-refractivity contribution in [2.75, 3.05) is 7.11 Å². The predicted octanol–water partition coefficient (Wildman–Crippen LogP) is 1.78. The van der Waals surface area contributed by atoms with E-state index in [1.54, 1.807) is 13.3 Å². The van der Waals surface area contributed by atoms with E-state index in [9.17, 15) is 4.79 Å². The minimum Gasteiger partial charge on any atom is -0.479 e. The molecule has 0 aliphatic carbocycles. The molecule has 0 bridgehead atoms. The Morgan fingerprint density at radius 1 is 1.53 bits per heavy atom. The molecule has 0 spiro atoms. The molecule has 78 valence electrons. The highest BCUT2D eigenvalue weighted by atomic mass is 16.5. The van der Waals surface area contributed by atoms with Crippen LogP contribution in [0, 0.1) is 0 Å². The zero-order valence-electron chi connectivity index (χ0n) is 8.94. The summed E-state index contributed by atoms with van der Waals surface area (Å²) in [5, 5.41) is 0.886. The highest BCUT2D eigenvalue weighted by molar-refractivity contribution is 6.07. The van der Waals surface area contributed by atoms with E-state index in [-0.39, 0.29) is 5.78 Å². The summed E-state index contributed by atoms with van der Waals surface area (Å²) in [5.41, 5.74) is 1.48. The van der Waals surface area contributed by atoms with Crippen molar-refractivity contribution in [3.05, 3.63) is 24.0 Å². The molecule has 2 rings (SSSR count). The van der Waals surface area contributed by atoms with Crippen LogP contribution >= 0.6 is 0 Å². The molecule has 4 heteroatoms. The molecule has 0 aliphatic rings. The average Bonchev–Trinajstić information content (AvgIpc) is 2.60. The maximum absolute atomic E-state index is 11.4. The van der Waals surface area contributed by atoms with Crippen LogP contribution in [0.2, 0.25) is 0 Å². The van der Waals surface area contributed by atoms with Gasteiger partial charge in [0.25, 0.3) is 0 Å². The lowest BCUT2D eigenvalue weighted by Crippen LogP contribution is -1.99. The second-order valence-electron chi connectivity index (χ2n) is 3.43. The van der Waals surface area contributed by atoms with E-state index < -0.39 is 0 Å². The Morgan fingerprint density at radius 3 is 2.87 bits per heavy atom. The quantitative estimate of drug-likeness (QED) is 0.700. The first-order chi connectivity index (χ1) is 7.15. The SMILES string of the molecule is COc1ncc(C(C)=O)c2ccn(C)c12. The molecule has 2 aromatic heterocycles. The number of ether oxygens (including phenoxy) is 1. The topological polar surface area (TPSA) is 44.1 Å². The standard InChI is InChI=1S/C11H12N2O2/c1-7(14)9-6-12-11(15-3)10-8(9)4-5-13(10)2/h4-6H,1-3H3. The van der Waals surface area contributed by atoms with Crippen molar-refractivity contribution in [2.24, 2.45) is 7.05 Å². The fourth-order valence-corrected chi connectivity index (χ4v) is 1.70. The molecule has 0 aromatic carbocycles. The molecule has 0 saturated heterocycles. The number of carbonyl (C=O) groups excluding carboxylic acids is 1. The number of aromatic nitrogens is 2. The van der Waals surface area contributed by atoms with Gasteiger partial charge in [-0.05, 0) is 13.0 Å². The molecule has 2 heterocycles. The third kappa shape index (κ3) is 1.38. The molecule has 0 radical (unpaired) electrons. The number of methoxy groups -OCH3 is 1. The van der Waals surface area contributed by atoms with Crippen molar-refractivity contribution >= 4 is 16.7 Å². The van der Waals surface area contributed by atoms with Gasteiger partial charge in [-0.2, -0.15) is 0 Å². The normalized spacial score (nSPS) is 10.6. The van der Waals surface area contributed by atoms with Gasteiger partial charge in [0.1, 0.15) is 5.52 Å². The largest absolute Gasteiger partial charge is 0.479 e. The van der Waals surface area contributed by atoms with Crippen LogP contribution in [0.5, 0.6) is 5.88 Å². The Kier molecular flexibility index (Phi) is 2.19. The summed E-state index contributed by atoms with van der Waals surface area (Å²) < 4.78 is 7.05. The highest BCUT2D eigenvalue weighted by Gasteiger charge is 2.13. The number of carbonyl (C=O) groups is 1. The van der Waals surface area contributed by atoms with E-state index in [4.69, 9.17) is 4.74 Å². The number of rotatable bonds is 2. The molecule has 0 N–H and O–H groups in total. The lowest BCUT2D eigenvalue weighted by atomic mass is 10.1. The van der Waals surface area contributed by atoms with Crippen LogP contribution in [0.1, 0.15) is 17.3 Å². The van der Waals surface area contributed by atoms with Gasteiger partial charge in [-0.25, -0.2) is 4.98 Å². The first-order valence-electron chi connectivity index (χ1n) is 4.64. The van der Waals surface area contributed by atoms with Crippen LogP contribution in [0.3, 0.4) is 0 Å². The second kappa shape index (κ2) is 3.38. The first-order valence-corrected chi connectivity index (χ1v) is 4.64. The van der Waals surface area contributed by atoms with Crippen molar-refractivity contribution in [3.8, 4) is 5.88 Å². The molecule has 4 nitrogen and oxygen atoms in total. The highest BCUT2D eigenvalue weighted by Crippen LogP contribution is 2.26. The second-order valence-corrected chi connectivity index (χ2v) is 3.43. The summed E-state index contributed by atoms with van der Waals surface area (Å²) in [6, 6.07) is 1.90. The third-order valence-electron chi connectivity index (χ3n) is 2.45. The molecule has 0 atom stereocenters. The van der Waals surface area contributed by atoms with Gasteiger partial charge in [0.15, 0.2) is 5.78 Å². The summed E-state index contributed by atoms with van der Waals surface area (Å²) in [6.45, 7) is 1.54. The minimum absolute atomic E-state index is 0.0151. The van der Waals surface area contributed by atoms with Crippen molar-refractivity contribution in [1.82, 2.24) is 9.55 Å².